The molecule has 5 heterocycles. The van der Waals surface area contributed by atoms with E-state index in [-0.39, 0.29) is 18.1 Å². The molecule has 1 aromatic carbocycles. The number of aromatic nitrogens is 3. The van der Waals surface area contributed by atoms with Crippen LogP contribution in [0.5, 0.6) is 0 Å². The number of aliphatic hydroxyl groups is 1. The van der Waals surface area contributed by atoms with Gasteiger partial charge in [-0.3, -0.25) is 14.3 Å². The zero-order valence-corrected chi connectivity index (χ0v) is 23.4. The lowest BCUT2D eigenvalue weighted by Gasteiger charge is -2.30. The highest BCUT2D eigenvalue weighted by Crippen LogP contribution is 2.40. The highest BCUT2D eigenvalue weighted by Gasteiger charge is 2.33. The lowest BCUT2D eigenvalue weighted by molar-refractivity contribution is 0.0800. The van der Waals surface area contributed by atoms with E-state index in [4.69, 9.17) is 4.74 Å². The van der Waals surface area contributed by atoms with Gasteiger partial charge in [-0.05, 0) is 72.6 Å². The van der Waals surface area contributed by atoms with Crippen molar-refractivity contribution in [3.63, 3.8) is 0 Å². The van der Waals surface area contributed by atoms with Crippen LogP contribution in [-0.2, 0) is 57.2 Å². The minimum atomic E-state index is -0.213. The van der Waals surface area contributed by atoms with Crippen molar-refractivity contribution in [2.75, 3.05) is 18.1 Å². The zero-order chi connectivity index (χ0) is 27.4. The number of nitrogens with zero attached hydrogens (tertiary/aromatic N) is 4. The van der Waals surface area contributed by atoms with Crippen molar-refractivity contribution in [1.29, 1.82) is 0 Å². The Hall–Kier alpha value is -3.53. The molecule has 1 N–H and O–H groups in total. The molecule has 9 heteroatoms. The number of carbonyl (C=O) groups excluding carboxylic acids is 1. The first-order valence-corrected chi connectivity index (χ1v) is 14.8. The van der Waals surface area contributed by atoms with E-state index in [2.05, 4.69) is 5.10 Å². The first-order chi connectivity index (χ1) is 19.5. The molecule has 0 spiro atoms. The smallest absolute Gasteiger partial charge is 0.268 e. The first kappa shape index (κ1) is 25.4. The second kappa shape index (κ2) is 10.1. The van der Waals surface area contributed by atoms with E-state index in [1.54, 1.807) is 29.1 Å². The van der Waals surface area contributed by atoms with E-state index in [1.165, 1.54) is 28.8 Å². The third-order valence-corrected chi connectivity index (χ3v) is 9.78. The van der Waals surface area contributed by atoms with Crippen molar-refractivity contribution in [2.24, 2.45) is 7.05 Å². The van der Waals surface area contributed by atoms with Crippen LogP contribution in [-0.4, -0.2) is 38.5 Å². The van der Waals surface area contributed by atoms with Gasteiger partial charge >= 0.3 is 0 Å². The second-order valence-corrected chi connectivity index (χ2v) is 12.0. The van der Waals surface area contributed by atoms with Gasteiger partial charge in [0.05, 0.1) is 48.3 Å². The Morgan fingerprint density at radius 2 is 1.95 bits per heavy atom. The van der Waals surface area contributed by atoms with E-state index < -0.39 is 0 Å². The highest BCUT2D eigenvalue weighted by molar-refractivity contribution is 7.14. The number of benzene rings is 1. The standard InChI is InChI=1S/C31H32N4O4S/c1-33-16-20(13-19(30(33)37)14-21-15-22-18-39-12-11-35(22)32-21)23-6-4-7-27(26(23)17-36)34-10-9-25-24-5-2-3-8-28(24)40-29(25)31(34)38/h4,6-7,13,15-16,36H,2-3,5,8-12,14,17-18H2,1H3. The topological polar surface area (TPSA) is 89.6 Å². The Morgan fingerprint density at radius 1 is 1.07 bits per heavy atom. The average molecular weight is 557 g/mol. The maximum Gasteiger partial charge on any atom is 0.268 e. The predicted molar refractivity (Wildman–Crippen MR) is 154 cm³/mol. The Labute approximate surface area is 236 Å². The van der Waals surface area contributed by atoms with Crippen LogP contribution in [0.1, 0.15) is 61.0 Å². The lowest BCUT2D eigenvalue weighted by atomic mass is 9.91. The molecule has 0 fully saturated rings. The Balaban J connectivity index is 1.25. The number of thiophene rings is 1. The number of hydrogen-bond acceptors (Lipinski definition) is 6. The third kappa shape index (κ3) is 4.24. The normalized spacial score (nSPS) is 16.6. The molecule has 0 saturated heterocycles. The largest absolute Gasteiger partial charge is 0.392 e. The SMILES string of the molecule is Cn1cc(-c2cccc(N3CCc4c(sc5c4CCCC5)C3=O)c2CO)cc(Cc2cc3n(n2)CCOC3)c1=O. The highest BCUT2D eigenvalue weighted by atomic mass is 32.1. The summed E-state index contributed by atoms with van der Waals surface area (Å²) in [6.07, 6.45) is 7.60. The fourth-order valence-electron chi connectivity index (χ4n) is 6.50. The number of anilines is 1. The summed E-state index contributed by atoms with van der Waals surface area (Å²) in [7, 11) is 1.75. The summed E-state index contributed by atoms with van der Waals surface area (Å²) in [6.45, 7) is 2.27. The van der Waals surface area contributed by atoms with Crippen LogP contribution >= 0.6 is 11.3 Å². The number of ether oxygens (including phenoxy) is 1. The first-order valence-electron chi connectivity index (χ1n) is 14.0. The van der Waals surface area contributed by atoms with Gasteiger partial charge in [-0.2, -0.15) is 5.10 Å². The van der Waals surface area contributed by atoms with E-state index in [0.29, 0.717) is 43.9 Å². The summed E-state index contributed by atoms with van der Waals surface area (Å²) < 4.78 is 9.08. The van der Waals surface area contributed by atoms with E-state index >= 15 is 0 Å². The van der Waals surface area contributed by atoms with Crippen LogP contribution in [0.3, 0.4) is 0 Å². The van der Waals surface area contributed by atoms with Gasteiger partial charge < -0.3 is 19.3 Å². The van der Waals surface area contributed by atoms with Crippen molar-refractivity contribution in [1.82, 2.24) is 14.3 Å². The molecule has 0 radical (unpaired) electrons. The molecule has 8 nitrogen and oxygen atoms in total. The van der Waals surface area contributed by atoms with Crippen LogP contribution < -0.4 is 10.5 Å². The molecule has 3 aromatic heterocycles. The molecule has 40 heavy (non-hydrogen) atoms. The van der Waals surface area contributed by atoms with Crippen molar-refractivity contribution in [2.45, 2.75) is 58.3 Å². The Bertz CT molecular complexity index is 1670. The monoisotopic (exact) mass is 556 g/mol. The van der Waals surface area contributed by atoms with Gasteiger partial charge in [-0.15, -0.1) is 11.3 Å². The number of amides is 1. The molecule has 206 valence electrons. The molecular weight excluding hydrogens is 524 g/mol. The molecule has 0 unspecified atom stereocenters. The summed E-state index contributed by atoms with van der Waals surface area (Å²) in [4.78, 5) is 31.0. The van der Waals surface area contributed by atoms with Gasteiger partial charge in [-0.25, -0.2) is 0 Å². The van der Waals surface area contributed by atoms with Gasteiger partial charge in [0.25, 0.3) is 11.5 Å². The number of pyridine rings is 1. The Kier molecular flexibility index (Phi) is 6.45. The van der Waals surface area contributed by atoms with E-state index in [9.17, 15) is 14.7 Å². The molecule has 1 amide bonds. The fraction of sp³-hybridized carbons (Fsp3) is 0.387. The molecule has 7 rings (SSSR count). The van der Waals surface area contributed by atoms with Crippen LogP contribution in [0, 0.1) is 0 Å². The molecule has 0 saturated carbocycles. The van der Waals surface area contributed by atoms with Crippen molar-refractivity contribution in [3.8, 4) is 11.1 Å². The molecule has 4 aromatic rings. The lowest BCUT2D eigenvalue weighted by Crippen LogP contribution is -2.37. The maximum absolute atomic E-state index is 13.8. The number of aliphatic hydroxyl groups excluding tert-OH is 1. The number of rotatable bonds is 5. The molecule has 3 aliphatic rings. The summed E-state index contributed by atoms with van der Waals surface area (Å²) >= 11 is 1.67. The van der Waals surface area contributed by atoms with Gasteiger partial charge in [0.15, 0.2) is 0 Å². The zero-order valence-electron chi connectivity index (χ0n) is 22.6. The van der Waals surface area contributed by atoms with Gasteiger partial charge in [0, 0.05) is 42.2 Å². The number of carbonyl (C=O) groups is 1. The minimum Gasteiger partial charge on any atom is -0.392 e. The summed E-state index contributed by atoms with van der Waals surface area (Å²) in [5.74, 6) is 0.0291. The van der Waals surface area contributed by atoms with Crippen LogP contribution in [0.15, 0.2) is 41.3 Å². The summed E-state index contributed by atoms with van der Waals surface area (Å²) in [6, 6.07) is 9.71. The number of hydrogen-bond donors (Lipinski definition) is 1. The van der Waals surface area contributed by atoms with Crippen molar-refractivity contribution in [3.05, 3.63) is 90.3 Å². The second-order valence-electron chi connectivity index (χ2n) is 10.9. The third-order valence-electron chi connectivity index (χ3n) is 8.46. The number of fused-ring (bicyclic) bond motifs is 4. The fourth-order valence-corrected chi connectivity index (χ4v) is 7.89. The predicted octanol–water partition coefficient (Wildman–Crippen LogP) is 4.01. The quantitative estimate of drug-likeness (QED) is 0.401. The molecule has 1 aliphatic carbocycles. The van der Waals surface area contributed by atoms with Crippen molar-refractivity contribution >= 4 is 22.9 Å². The van der Waals surface area contributed by atoms with E-state index in [1.807, 2.05) is 39.9 Å². The van der Waals surface area contributed by atoms with Crippen LogP contribution in [0.4, 0.5) is 5.69 Å². The van der Waals surface area contributed by atoms with Crippen LogP contribution in [0.25, 0.3) is 11.1 Å². The number of aryl methyl sites for hydroxylation is 2. The Morgan fingerprint density at radius 3 is 2.80 bits per heavy atom. The van der Waals surface area contributed by atoms with Gasteiger partial charge in [0.1, 0.15) is 0 Å². The maximum atomic E-state index is 13.8. The molecular formula is C31H32N4O4S. The summed E-state index contributed by atoms with van der Waals surface area (Å²) in [5, 5.41) is 15.3. The van der Waals surface area contributed by atoms with Crippen molar-refractivity contribution < 1.29 is 14.6 Å². The summed E-state index contributed by atoms with van der Waals surface area (Å²) in [5.41, 5.74) is 8.15. The average Bonchev–Trinajstić information content (AvgIpc) is 3.56. The molecule has 2 aliphatic heterocycles. The van der Waals surface area contributed by atoms with Gasteiger partial charge in [0.2, 0.25) is 0 Å². The van der Waals surface area contributed by atoms with E-state index in [0.717, 1.165) is 52.3 Å². The minimum absolute atomic E-state index is 0.0291. The molecule has 0 atom stereocenters. The molecule has 0 bridgehead atoms. The van der Waals surface area contributed by atoms with Crippen LogP contribution in [0.2, 0.25) is 0 Å². The van der Waals surface area contributed by atoms with Gasteiger partial charge in [-0.1, -0.05) is 12.1 Å².